The fourth-order valence-electron chi connectivity index (χ4n) is 2.93. The van der Waals surface area contributed by atoms with Crippen LogP contribution in [0, 0.1) is 6.92 Å². The van der Waals surface area contributed by atoms with Crippen molar-refractivity contribution in [2.75, 3.05) is 17.7 Å². The summed E-state index contributed by atoms with van der Waals surface area (Å²) >= 11 is 1.60. The van der Waals surface area contributed by atoms with Crippen LogP contribution in [-0.4, -0.2) is 18.1 Å². The number of amides is 2. The van der Waals surface area contributed by atoms with Crippen LogP contribution in [0.4, 0.5) is 15.6 Å². The fraction of sp³-hybridized carbons (Fsp3) is 0.444. The Hall–Kier alpha value is -2.08. The highest BCUT2D eigenvalue weighted by Gasteiger charge is 2.15. The highest BCUT2D eigenvalue weighted by molar-refractivity contribution is 7.15. The monoisotopic (exact) mass is 345 g/mol. The molecule has 5 nitrogen and oxygen atoms in total. The number of rotatable bonds is 3. The lowest BCUT2D eigenvalue weighted by Crippen LogP contribution is -2.19. The second-order valence-corrected chi connectivity index (χ2v) is 7.17. The van der Waals surface area contributed by atoms with Crippen molar-refractivity contribution in [3.05, 3.63) is 34.3 Å². The molecule has 2 amide bonds. The third kappa shape index (κ3) is 4.06. The molecule has 0 unspecified atom stereocenters. The molecule has 0 atom stereocenters. The van der Waals surface area contributed by atoms with Gasteiger partial charge in [-0.15, -0.1) is 11.3 Å². The normalized spacial score (nSPS) is 14.2. The number of aryl methyl sites for hydroxylation is 3. The predicted octanol–water partition coefficient (Wildman–Crippen LogP) is 4.76. The molecule has 128 valence electrons. The third-order valence-corrected chi connectivity index (χ3v) is 5.24. The third-order valence-electron chi connectivity index (χ3n) is 4.17. The molecule has 0 fully saturated rings. The standard InChI is InChI=1S/C18H23N3O2S/c1-12-9-10-15(23-2)14(11-12)19-17(22)21-18-20-13-7-5-3-4-6-8-16(13)24-18/h9-11H,3-8H2,1-2H3,(H2,19,20,21,22). The molecule has 0 aliphatic heterocycles. The first-order valence-corrected chi connectivity index (χ1v) is 9.18. The first kappa shape index (κ1) is 16.8. The van der Waals surface area contributed by atoms with Gasteiger partial charge < -0.3 is 10.1 Å². The summed E-state index contributed by atoms with van der Waals surface area (Å²) in [5.74, 6) is 0.641. The van der Waals surface area contributed by atoms with Gasteiger partial charge in [-0.3, -0.25) is 5.32 Å². The molecular weight excluding hydrogens is 322 g/mol. The molecule has 0 radical (unpaired) electrons. The zero-order chi connectivity index (χ0) is 16.9. The van der Waals surface area contributed by atoms with Gasteiger partial charge in [0.15, 0.2) is 5.13 Å². The van der Waals surface area contributed by atoms with Gasteiger partial charge in [0.25, 0.3) is 0 Å². The number of methoxy groups -OCH3 is 1. The van der Waals surface area contributed by atoms with Crippen molar-refractivity contribution in [1.82, 2.24) is 4.98 Å². The van der Waals surface area contributed by atoms with E-state index >= 15 is 0 Å². The summed E-state index contributed by atoms with van der Waals surface area (Å²) < 4.78 is 5.29. The van der Waals surface area contributed by atoms with Gasteiger partial charge in [0.2, 0.25) is 0 Å². The minimum absolute atomic E-state index is 0.291. The van der Waals surface area contributed by atoms with Crippen molar-refractivity contribution >= 4 is 28.2 Å². The van der Waals surface area contributed by atoms with Crippen molar-refractivity contribution in [2.45, 2.75) is 45.4 Å². The Labute approximate surface area is 146 Å². The quantitative estimate of drug-likeness (QED) is 0.843. The molecule has 1 aliphatic carbocycles. The molecule has 24 heavy (non-hydrogen) atoms. The van der Waals surface area contributed by atoms with E-state index in [0.717, 1.165) is 24.1 Å². The van der Waals surface area contributed by atoms with E-state index in [2.05, 4.69) is 15.6 Å². The largest absolute Gasteiger partial charge is 0.495 e. The van der Waals surface area contributed by atoms with Crippen molar-refractivity contribution in [3.8, 4) is 5.75 Å². The van der Waals surface area contributed by atoms with E-state index in [-0.39, 0.29) is 6.03 Å². The van der Waals surface area contributed by atoms with Crippen molar-refractivity contribution in [1.29, 1.82) is 0 Å². The zero-order valence-electron chi connectivity index (χ0n) is 14.1. The molecule has 1 heterocycles. The second kappa shape index (κ2) is 7.66. The summed E-state index contributed by atoms with van der Waals surface area (Å²) in [6.45, 7) is 1.98. The van der Waals surface area contributed by atoms with Gasteiger partial charge in [0.1, 0.15) is 5.75 Å². The van der Waals surface area contributed by atoms with Gasteiger partial charge in [-0.05, 0) is 50.3 Å². The smallest absolute Gasteiger partial charge is 0.325 e. The number of carbonyl (C=O) groups is 1. The summed E-state index contributed by atoms with van der Waals surface area (Å²) in [6, 6.07) is 5.39. The predicted molar refractivity (Wildman–Crippen MR) is 98.4 cm³/mol. The zero-order valence-corrected chi connectivity index (χ0v) is 15.0. The topological polar surface area (TPSA) is 63.2 Å². The Morgan fingerprint density at radius 2 is 1.96 bits per heavy atom. The molecule has 1 aromatic carbocycles. The molecule has 2 aromatic rings. The van der Waals surface area contributed by atoms with Gasteiger partial charge in [0, 0.05) is 4.88 Å². The number of fused-ring (bicyclic) bond motifs is 1. The van der Waals surface area contributed by atoms with Crippen LogP contribution in [0.3, 0.4) is 0 Å². The molecule has 1 aliphatic rings. The molecular formula is C18H23N3O2S. The molecule has 0 saturated carbocycles. The number of anilines is 2. The number of ether oxygens (including phenoxy) is 1. The maximum absolute atomic E-state index is 12.3. The van der Waals surface area contributed by atoms with Crippen molar-refractivity contribution in [3.63, 3.8) is 0 Å². The number of hydrogen-bond donors (Lipinski definition) is 2. The van der Waals surface area contributed by atoms with E-state index in [9.17, 15) is 4.79 Å². The number of nitrogens with zero attached hydrogens (tertiary/aromatic N) is 1. The SMILES string of the molecule is COc1ccc(C)cc1NC(=O)Nc1nc2c(s1)CCCCCC2. The van der Waals surface area contributed by atoms with Crippen molar-refractivity contribution in [2.24, 2.45) is 0 Å². The van der Waals surface area contributed by atoms with Gasteiger partial charge in [-0.25, -0.2) is 9.78 Å². The first-order chi connectivity index (χ1) is 11.7. The molecule has 1 aromatic heterocycles. The second-order valence-electron chi connectivity index (χ2n) is 6.09. The lowest BCUT2D eigenvalue weighted by molar-refractivity contribution is 0.262. The molecule has 0 saturated heterocycles. The van der Waals surface area contributed by atoms with E-state index < -0.39 is 0 Å². The van der Waals surface area contributed by atoms with Crippen LogP contribution >= 0.6 is 11.3 Å². The average molecular weight is 345 g/mol. The minimum Gasteiger partial charge on any atom is -0.495 e. The van der Waals surface area contributed by atoms with Crippen molar-refractivity contribution < 1.29 is 9.53 Å². The Balaban J connectivity index is 1.69. The number of thiazole rings is 1. The maximum Gasteiger partial charge on any atom is 0.325 e. The highest BCUT2D eigenvalue weighted by Crippen LogP contribution is 2.29. The minimum atomic E-state index is -0.291. The molecule has 6 heteroatoms. The van der Waals surface area contributed by atoms with Gasteiger partial charge in [0.05, 0.1) is 18.5 Å². The van der Waals surface area contributed by atoms with Gasteiger partial charge in [-0.2, -0.15) is 0 Å². The lowest BCUT2D eigenvalue weighted by atomic mass is 10.0. The fourth-order valence-corrected chi connectivity index (χ4v) is 3.97. The summed E-state index contributed by atoms with van der Waals surface area (Å²) in [6.07, 6.45) is 7.04. The summed E-state index contributed by atoms with van der Waals surface area (Å²) in [4.78, 5) is 18.2. The number of aromatic nitrogens is 1. The Morgan fingerprint density at radius 1 is 1.17 bits per heavy atom. The van der Waals surface area contributed by atoms with E-state index in [1.807, 2.05) is 25.1 Å². The lowest BCUT2D eigenvalue weighted by Gasteiger charge is -2.10. The number of nitrogens with one attached hydrogen (secondary N) is 2. The molecule has 3 rings (SSSR count). The van der Waals surface area contributed by atoms with Crippen LogP contribution in [-0.2, 0) is 12.8 Å². The number of hydrogen-bond acceptors (Lipinski definition) is 4. The van der Waals surface area contributed by atoms with E-state index in [1.54, 1.807) is 18.4 Å². The highest BCUT2D eigenvalue weighted by atomic mass is 32.1. The Morgan fingerprint density at radius 3 is 2.75 bits per heavy atom. The van der Waals surface area contributed by atoms with E-state index in [4.69, 9.17) is 4.74 Å². The molecule has 0 bridgehead atoms. The van der Waals surface area contributed by atoms with E-state index in [0.29, 0.717) is 16.6 Å². The van der Waals surface area contributed by atoms with E-state index in [1.165, 1.54) is 30.6 Å². The average Bonchev–Trinajstić information content (AvgIpc) is 2.88. The first-order valence-electron chi connectivity index (χ1n) is 8.37. The van der Waals surface area contributed by atoms with Crippen LogP contribution < -0.4 is 15.4 Å². The Bertz CT molecular complexity index is 702. The number of benzene rings is 1. The van der Waals surface area contributed by atoms with Crippen LogP contribution in [0.5, 0.6) is 5.75 Å². The maximum atomic E-state index is 12.3. The van der Waals surface area contributed by atoms with Crippen LogP contribution in [0.2, 0.25) is 0 Å². The number of urea groups is 1. The molecule has 2 N–H and O–H groups in total. The van der Waals surface area contributed by atoms with Gasteiger partial charge in [-0.1, -0.05) is 18.9 Å². The summed E-state index contributed by atoms with van der Waals surface area (Å²) in [5.41, 5.74) is 2.87. The molecule has 0 spiro atoms. The van der Waals surface area contributed by atoms with Gasteiger partial charge >= 0.3 is 6.03 Å². The summed E-state index contributed by atoms with van der Waals surface area (Å²) in [7, 11) is 1.59. The summed E-state index contributed by atoms with van der Waals surface area (Å²) in [5, 5.41) is 6.38. The Kier molecular flexibility index (Phi) is 5.35. The number of carbonyl (C=O) groups excluding carboxylic acids is 1. The van der Waals surface area contributed by atoms with Crippen LogP contribution in [0.15, 0.2) is 18.2 Å². The van der Waals surface area contributed by atoms with Crippen LogP contribution in [0.1, 0.15) is 41.8 Å². The van der Waals surface area contributed by atoms with Crippen LogP contribution in [0.25, 0.3) is 0 Å².